The number of fused-ring (bicyclic) bond motifs is 1. The van der Waals surface area contributed by atoms with E-state index in [0.717, 1.165) is 24.8 Å². The van der Waals surface area contributed by atoms with E-state index >= 15 is 0 Å². The van der Waals surface area contributed by atoms with Crippen LogP contribution in [0, 0.1) is 0 Å². The Labute approximate surface area is 116 Å². The lowest BCUT2D eigenvalue weighted by atomic mass is 9.80. The van der Waals surface area contributed by atoms with Gasteiger partial charge in [0.25, 0.3) is 0 Å². The van der Waals surface area contributed by atoms with Crippen LogP contribution in [-0.4, -0.2) is 18.7 Å². The van der Waals surface area contributed by atoms with Crippen molar-refractivity contribution in [3.63, 3.8) is 0 Å². The summed E-state index contributed by atoms with van der Waals surface area (Å²) >= 11 is 0. The lowest BCUT2D eigenvalue weighted by molar-refractivity contribution is 0.254. The van der Waals surface area contributed by atoms with Gasteiger partial charge in [0, 0.05) is 12.5 Å². The van der Waals surface area contributed by atoms with Gasteiger partial charge >= 0.3 is 0 Å². The summed E-state index contributed by atoms with van der Waals surface area (Å²) in [6.07, 6.45) is 5.33. The molecule has 1 unspecified atom stereocenters. The Balaban J connectivity index is 1.67. The average Bonchev–Trinajstić information content (AvgIpc) is 3.08. The zero-order chi connectivity index (χ0) is 13.5. The van der Waals surface area contributed by atoms with Gasteiger partial charge in [-0.1, -0.05) is 26.0 Å². The van der Waals surface area contributed by atoms with Gasteiger partial charge in [-0.05, 0) is 55.3 Å². The zero-order valence-corrected chi connectivity index (χ0v) is 12.3. The highest BCUT2D eigenvalue weighted by atomic mass is 16.5. The molecular formula is C17H25NO. The van der Waals surface area contributed by atoms with Crippen LogP contribution in [-0.2, 0) is 11.8 Å². The van der Waals surface area contributed by atoms with Crippen LogP contribution in [0.1, 0.15) is 51.2 Å². The maximum atomic E-state index is 5.78. The molecule has 1 aromatic rings. The summed E-state index contributed by atoms with van der Waals surface area (Å²) in [6, 6.07) is 7.57. The van der Waals surface area contributed by atoms with Crippen molar-refractivity contribution in [2.75, 3.05) is 6.54 Å². The van der Waals surface area contributed by atoms with Crippen LogP contribution in [0.4, 0.5) is 0 Å². The molecule has 1 heterocycles. The van der Waals surface area contributed by atoms with E-state index in [-0.39, 0.29) is 5.41 Å². The van der Waals surface area contributed by atoms with E-state index in [0.29, 0.717) is 6.10 Å². The molecule has 0 bridgehead atoms. The van der Waals surface area contributed by atoms with Crippen molar-refractivity contribution in [1.29, 1.82) is 0 Å². The summed E-state index contributed by atoms with van der Waals surface area (Å²) in [7, 11) is 0. The van der Waals surface area contributed by atoms with Crippen LogP contribution >= 0.6 is 0 Å². The number of benzene rings is 1. The average molecular weight is 259 g/mol. The van der Waals surface area contributed by atoms with Crippen LogP contribution in [0.25, 0.3) is 0 Å². The van der Waals surface area contributed by atoms with E-state index in [1.165, 1.54) is 30.4 Å². The van der Waals surface area contributed by atoms with E-state index in [1.807, 2.05) is 0 Å². The van der Waals surface area contributed by atoms with E-state index in [2.05, 4.69) is 44.3 Å². The predicted octanol–water partition coefficient (Wildman–Crippen LogP) is 3.43. The third-order valence-corrected chi connectivity index (χ3v) is 4.44. The maximum Gasteiger partial charge on any atom is 0.123 e. The lowest BCUT2D eigenvalue weighted by Gasteiger charge is -2.26. The van der Waals surface area contributed by atoms with Gasteiger partial charge in [0.2, 0.25) is 0 Å². The number of nitrogens with one attached hydrogen (secondary N) is 1. The number of hydrogen-bond donors (Lipinski definition) is 1. The summed E-state index contributed by atoms with van der Waals surface area (Å²) < 4.78 is 5.78. The van der Waals surface area contributed by atoms with Gasteiger partial charge in [-0.3, -0.25) is 0 Å². The van der Waals surface area contributed by atoms with Crippen molar-refractivity contribution < 1.29 is 4.74 Å². The fourth-order valence-corrected chi connectivity index (χ4v) is 2.86. The molecule has 1 aliphatic heterocycles. The van der Waals surface area contributed by atoms with Gasteiger partial charge in [0.15, 0.2) is 0 Å². The smallest absolute Gasteiger partial charge is 0.123 e. The molecular weight excluding hydrogens is 234 g/mol. The third kappa shape index (κ3) is 2.94. The highest BCUT2D eigenvalue weighted by Gasteiger charge is 2.26. The van der Waals surface area contributed by atoms with Gasteiger partial charge in [0.1, 0.15) is 11.9 Å². The van der Waals surface area contributed by atoms with Gasteiger partial charge in [-0.2, -0.15) is 0 Å². The number of rotatable bonds is 5. The van der Waals surface area contributed by atoms with Crippen molar-refractivity contribution in [2.45, 2.75) is 64.0 Å². The number of ether oxygens (including phenoxy) is 1. The van der Waals surface area contributed by atoms with Crippen molar-refractivity contribution in [3.05, 3.63) is 29.3 Å². The van der Waals surface area contributed by atoms with Crippen molar-refractivity contribution in [2.24, 2.45) is 0 Å². The third-order valence-electron chi connectivity index (χ3n) is 4.44. The zero-order valence-electron chi connectivity index (χ0n) is 12.3. The highest BCUT2D eigenvalue weighted by Crippen LogP contribution is 2.35. The van der Waals surface area contributed by atoms with E-state index in [4.69, 9.17) is 4.74 Å². The largest absolute Gasteiger partial charge is 0.490 e. The second-order valence-electron chi connectivity index (χ2n) is 6.82. The van der Waals surface area contributed by atoms with Crippen molar-refractivity contribution in [3.8, 4) is 5.75 Å². The Hall–Kier alpha value is -1.02. The molecule has 2 aliphatic rings. The Morgan fingerprint density at radius 1 is 1.32 bits per heavy atom. The Morgan fingerprint density at radius 3 is 2.84 bits per heavy atom. The molecule has 0 saturated heterocycles. The molecule has 19 heavy (non-hydrogen) atoms. The molecule has 2 nitrogen and oxygen atoms in total. The Bertz CT molecular complexity index is 462. The van der Waals surface area contributed by atoms with Crippen LogP contribution in [0.15, 0.2) is 18.2 Å². The summed E-state index contributed by atoms with van der Waals surface area (Å²) in [5.41, 5.74) is 3.07. The molecule has 1 saturated carbocycles. The minimum absolute atomic E-state index is 0.239. The summed E-state index contributed by atoms with van der Waals surface area (Å²) in [5, 5.41) is 3.62. The Morgan fingerprint density at radius 2 is 2.11 bits per heavy atom. The SMILES string of the molecule is CC1Cc2cc(C(C)(C)CCNC3CC3)ccc2O1. The summed E-state index contributed by atoms with van der Waals surface area (Å²) in [4.78, 5) is 0. The van der Waals surface area contributed by atoms with Crippen LogP contribution in [0.3, 0.4) is 0 Å². The minimum atomic E-state index is 0.239. The standard InChI is InChI=1S/C17H25NO/c1-12-10-13-11-14(4-7-16(13)19-12)17(2,3)8-9-18-15-5-6-15/h4,7,11-12,15,18H,5-6,8-10H2,1-3H3. The van der Waals surface area contributed by atoms with Gasteiger partial charge in [-0.15, -0.1) is 0 Å². The van der Waals surface area contributed by atoms with E-state index in [1.54, 1.807) is 0 Å². The van der Waals surface area contributed by atoms with Gasteiger partial charge in [-0.25, -0.2) is 0 Å². The molecule has 1 atom stereocenters. The fourth-order valence-electron chi connectivity index (χ4n) is 2.86. The first-order valence-corrected chi connectivity index (χ1v) is 7.58. The molecule has 0 aromatic heterocycles. The van der Waals surface area contributed by atoms with Crippen molar-refractivity contribution >= 4 is 0 Å². The molecule has 104 valence electrons. The van der Waals surface area contributed by atoms with Crippen molar-refractivity contribution in [1.82, 2.24) is 5.32 Å². The monoisotopic (exact) mass is 259 g/mol. The molecule has 1 aromatic carbocycles. The minimum Gasteiger partial charge on any atom is -0.490 e. The molecule has 0 amide bonds. The summed E-state index contributed by atoms with van der Waals surface area (Å²) in [6.45, 7) is 7.97. The van der Waals surface area contributed by atoms with E-state index in [9.17, 15) is 0 Å². The van der Waals surface area contributed by atoms with Gasteiger partial charge in [0.05, 0.1) is 0 Å². The first-order chi connectivity index (χ1) is 9.04. The molecule has 1 fully saturated rings. The highest BCUT2D eigenvalue weighted by molar-refractivity contribution is 5.42. The predicted molar refractivity (Wildman–Crippen MR) is 78.9 cm³/mol. The van der Waals surface area contributed by atoms with Crippen LogP contribution < -0.4 is 10.1 Å². The molecule has 1 N–H and O–H groups in total. The van der Waals surface area contributed by atoms with Crippen LogP contribution in [0.2, 0.25) is 0 Å². The molecule has 2 heteroatoms. The second kappa shape index (κ2) is 4.82. The topological polar surface area (TPSA) is 21.3 Å². The molecule has 3 rings (SSSR count). The fraction of sp³-hybridized carbons (Fsp3) is 0.647. The first kappa shape index (κ1) is 13.0. The normalized spacial score (nSPS) is 22.2. The van der Waals surface area contributed by atoms with Crippen LogP contribution in [0.5, 0.6) is 5.75 Å². The quantitative estimate of drug-likeness (QED) is 0.874. The van der Waals surface area contributed by atoms with E-state index < -0.39 is 0 Å². The molecule has 0 spiro atoms. The maximum absolute atomic E-state index is 5.78. The van der Waals surface area contributed by atoms with Gasteiger partial charge < -0.3 is 10.1 Å². The molecule has 0 radical (unpaired) electrons. The lowest BCUT2D eigenvalue weighted by Crippen LogP contribution is -2.26. The number of hydrogen-bond acceptors (Lipinski definition) is 2. The second-order valence-corrected chi connectivity index (χ2v) is 6.82. The first-order valence-electron chi connectivity index (χ1n) is 7.58. The Kier molecular flexibility index (Phi) is 3.30. The molecule has 1 aliphatic carbocycles. The summed E-state index contributed by atoms with van der Waals surface area (Å²) in [5.74, 6) is 1.09.